The van der Waals surface area contributed by atoms with E-state index in [2.05, 4.69) is 18.1 Å². The molecule has 0 radical (unpaired) electrons. The van der Waals surface area contributed by atoms with E-state index in [-0.39, 0.29) is 17.3 Å². The van der Waals surface area contributed by atoms with Gasteiger partial charge in [0.1, 0.15) is 0 Å². The Hall–Kier alpha value is -1.13. The second-order valence-corrected chi connectivity index (χ2v) is 5.28. The van der Waals surface area contributed by atoms with Gasteiger partial charge in [-0.2, -0.15) is 0 Å². The molecule has 1 fully saturated rings. The van der Waals surface area contributed by atoms with Crippen LogP contribution in [-0.2, 0) is 4.79 Å². The molecule has 0 aromatic carbocycles. The molecule has 1 aliphatic rings. The van der Waals surface area contributed by atoms with Crippen molar-refractivity contribution >= 4 is 5.91 Å². The third-order valence-corrected chi connectivity index (χ3v) is 3.06. The normalized spacial score (nSPS) is 19.3. The Kier molecular flexibility index (Phi) is 6.88. The number of rotatable bonds is 6. The summed E-state index contributed by atoms with van der Waals surface area (Å²) in [5.41, 5.74) is 2.05. The van der Waals surface area contributed by atoms with Crippen molar-refractivity contribution in [2.75, 3.05) is 27.2 Å². The molecule has 2 N–H and O–H groups in total. The van der Waals surface area contributed by atoms with Gasteiger partial charge in [-0.15, -0.1) is 6.58 Å². The molecule has 1 amide bonds. The molecule has 1 heterocycles. The van der Waals surface area contributed by atoms with Crippen LogP contribution in [0, 0.1) is 5.92 Å². The number of amides is 1. The number of nitrogens with zero attached hydrogens (tertiary/aromatic N) is 2. The Morgan fingerprint density at radius 1 is 1.50 bits per heavy atom. The lowest BCUT2D eigenvalue weighted by Gasteiger charge is -2.19. The van der Waals surface area contributed by atoms with Gasteiger partial charge in [-0.1, -0.05) is 12.2 Å². The van der Waals surface area contributed by atoms with Crippen LogP contribution in [0.2, 0.25) is 0 Å². The van der Waals surface area contributed by atoms with Crippen LogP contribution in [-0.4, -0.2) is 48.4 Å². The van der Waals surface area contributed by atoms with Crippen LogP contribution in [0.4, 0.5) is 0 Å². The van der Waals surface area contributed by atoms with Crippen LogP contribution in [0.15, 0.2) is 24.4 Å². The highest BCUT2D eigenvalue weighted by molar-refractivity contribution is 5.84. The fourth-order valence-electron chi connectivity index (χ4n) is 2.25. The first-order valence-electron chi connectivity index (χ1n) is 6.20. The highest BCUT2D eigenvalue weighted by Crippen LogP contribution is 2.30. The maximum Gasteiger partial charge on any atom is 0.230 e. The first kappa shape index (κ1) is 16.9. The molecule has 0 aromatic heterocycles. The zero-order valence-corrected chi connectivity index (χ0v) is 11.8. The average Bonchev–Trinajstić information content (AvgIpc) is 2.44. The molecule has 1 rings (SSSR count). The first-order chi connectivity index (χ1) is 7.91. The highest BCUT2D eigenvalue weighted by Gasteiger charge is 2.33. The molecule has 1 atom stereocenters. The van der Waals surface area contributed by atoms with E-state index in [4.69, 9.17) is 0 Å². The van der Waals surface area contributed by atoms with E-state index in [1.165, 1.54) is 0 Å². The molecule has 0 aliphatic carbocycles. The largest absolute Gasteiger partial charge is 0.412 e. The third kappa shape index (κ3) is 4.63. The fraction of sp³-hybridized carbons (Fsp3) is 0.643. The molecular formula is C14H26N2O2. The number of hydrogen-bond acceptors (Lipinski definition) is 2. The number of likely N-dealkylation sites (tertiary alicyclic amines) is 1. The summed E-state index contributed by atoms with van der Waals surface area (Å²) in [6.45, 7) is 11.7. The summed E-state index contributed by atoms with van der Waals surface area (Å²) >= 11 is 0. The minimum absolute atomic E-state index is 0. The summed E-state index contributed by atoms with van der Waals surface area (Å²) in [6.07, 6.45) is 2.59. The van der Waals surface area contributed by atoms with Gasteiger partial charge in [0.05, 0.1) is 0 Å². The molecule has 1 saturated heterocycles. The summed E-state index contributed by atoms with van der Waals surface area (Å²) < 4.78 is 0. The molecule has 0 bridgehead atoms. The van der Waals surface area contributed by atoms with Crippen molar-refractivity contribution in [2.45, 2.75) is 26.2 Å². The molecule has 0 spiro atoms. The topological polar surface area (TPSA) is 55.0 Å². The second-order valence-electron chi connectivity index (χ2n) is 5.28. The monoisotopic (exact) mass is 254 g/mol. The summed E-state index contributed by atoms with van der Waals surface area (Å²) in [7, 11) is 4.09. The molecular weight excluding hydrogens is 228 g/mol. The van der Waals surface area contributed by atoms with Crippen LogP contribution >= 0.6 is 0 Å². The van der Waals surface area contributed by atoms with Crippen molar-refractivity contribution in [3.63, 3.8) is 0 Å². The van der Waals surface area contributed by atoms with Gasteiger partial charge in [-0.25, -0.2) is 0 Å². The molecule has 104 valence electrons. The predicted octanol–water partition coefficient (Wildman–Crippen LogP) is 1.44. The Labute approximate surface area is 110 Å². The molecule has 0 saturated carbocycles. The first-order valence-corrected chi connectivity index (χ1v) is 6.20. The Morgan fingerprint density at radius 2 is 2.11 bits per heavy atom. The molecule has 1 aliphatic heterocycles. The highest BCUT2D eigenvalue weighted by atomic mass is 16.2. The van der Waals surface area contributed by atoms with Crippen molar-refractivity contribution in [3.8, 4) is 0 Å². The second kappa shape index (κ2) is 7.34. The van der Waals surface area contributed by atoms with E-state index in [9.17, 15) is 4.79 Å². The minimum atomic E-state index is 0. The molecule has 18 heavy (non-hydrogen) atoms. The van der Waals surface area contributed by atoms with Crippen molar-refractivity contribution in [3.05, 3.63) is 24.4 Å². The Morgan fingerprint density at radius 3 is 2.61 bits per heavy atom. The number of carbonyl (C=O) groups is 1. The summed E-state index contributed by atoms with van der Waals surface area (Å²) in [6, 6.07) is 0. The van der Waals surface area contributed by atoms with E-state index >= 15 is 0 Å². The van der Waals surface area contributed by atoms with Gasteiger partial charge < -0.3 is 15.3 Å². The van der Waals surface area contributed by atoms with Crippen LogP contribution in [0.25, 0.3) is 0 Å². The van der Waals surface area contributed by atoms with Gasteiger partial charge >= 0.3 is 0 Å². The number of carbonyl (C=O) groups excluding carboxylic acids is 1. The van der Waals surface area contributed by atoms with Gasteiger partial charge in [-0.3, -0.25) is 4.79 Å². The van der Waals surface area contributed by atoms with Crippen molar-refractivity contribution in [1.82, 2.24) is 9.80 Å². The van der Waals surface area contributed by atoms with Gasteiger partial charge in [0.2, 0.25) is 5.91 Å². The van der Waals surface area contributed by atoms with Crippen molar-refractivity contribution in [1.29, 1.82) is 0 Å². The summed E-state index contributed by atoms with van der Waals surface area (Å²) in [5, 5.41) is 0. The van der Waals surface area contributed by atoms with E-state index in [1.807, 2.05) is 25.9 Å². The lowest BCUT2D eigenvalue weighted by molar-refractivity contribution is -0.130. The minimum Gasteiger partial charge on any atom is -0.412 e. The van der Waals surface area contributed by atoms with Crippen molar-refractivity contribution < 1.29 is 10.3 Å². The fourth-order valence-corrected chi connectivity index (χ4v) is 2.25. The number of hydrogen-bond donors (Lipinski definition) is 0. The quantitative estimate of drug-likeness (QED) is 0.673. The lowest BCUT2D eigenvalue weighted by Crippen LogP contribution is -2.29. The smallest absolute Gasteiger partial charge is 0.230 e. The van der Waals surface area contributed by atoms with Crippen LogP contribution in [0.5, 0.6) is 0 Å². The Bertz CT molecular complexity index is 324. The Balaban J connectivity index is 0.00000289. The molecule has 4 heteroatoms. The third-order valence-electron chi connectivity index (χ3n) is 3.06. The SMILES string of the molecule is C=C(C)CC1CC(=C)N(CCCN(C)C)C1=O.O. The average molecular weight is 254 g/mol. The molecule has 4 nitrogen and oxygen atoms in total. The molecule has 1 unspecified atom stereocenters. The van der Waals surface area contributed by atoms with Crippen LogP contribution < -0.4 is 0 Å². The van der Waals surface area contributed by atoms with E-state index < -0.39 is 0 Å². The maximum absolute atomic E-state index is 12.1. The summed E-state index contributed by atoms with van der Waals surface area (Å²) in [5.74, 6) is 0.316. The van der Waals surface area contributed by atoms with Gasteiger partial charge in [-0.05, 0) is 46.8 Å². The standard InChI is InChI=1S/C14H24N2O.H2O/c1-11(2)9-13-10-12(3)16(14(13)17)8-6-7-15(4)5;/h13H,1,3,6-10H2,2,4-5H3;1H2. The lowest BCUT2D eigenvalue weighted by atomic mass is 9.99. The van der Waals surface area contributed by atoms with E-state index in [0.29, 0.717) is 0 Å². The van der Waals surface area contributed by atoms with Gasteiger partial charge in [0, 0.05) is 18.2 Å². The van der Waals surface area contributed by atoms with Crippen LogP contribution in [0.3, 0.4) is 0 Å². The van der Waals surface area contributed by atoms with Gasteiger partial charge in [0.15, 0.2) is 0 Å². The zero-order chi connectivity index (χ0) is 13.0. The van der Waals surface area contributed by atoms with Gasteiger partial charge in [0.25, 0.3) is 0 Å². The summed E-state index contributed by atoms with van der Waals surface area (Å²) in [4.78, 5) is 16.1. The molecule has 0 aromatic rings. The number of allylic oxidation sites excluding steroid dienone is 2. The zero-order valence-electron chi connectivity index (χ0n) is 11.8. The van der Waals surface area contributed by atoms with Crippen LogP contribution in [0.1, 0.15) is 26.2 Å². The predicted molar refractivity (Wildman–Crippen MR) is 75.2 cm³/mol. The maximum atomic E-state index is 12.1. The van der Waals surface area contributed by atoms with E-state index in [1.54, 1.807) is 0 Å². The van der Waals surface area contributed by atoms with E-state index in [0.717, 1.165) is 43.6 Å². The van der Waals surface area contributed by atoms with Crippen molar-refractivity contribution in [2.24, 2.45) is 5.92 Å².